The van der Waals surface area contributed by atoms with Crippen molar-refractivity contribution in [3.05, 3.63) is 35.6 Å². The summed E-state index contributed by atoms with van der Waals surface area (Å²) in [7, 11) is 4.53. The first kappa shape index (κ1) is 32.9. The summed E-state index contributed by atoms with van der Waals surface area (Å²) in [5.41, 5.74) is 0.648. The maximum atomic E-state index is 12.6. The third kappa shape index (κ3) is 15.0. The lowest BCUT2D eigenvalue weighted by atomic mass is 10.0. The van der Waals surface area contributed by atoms with Gasteiger partial charge in [0, 0.05) is 0 Å². The van der Waals surface area contributed by atoms with E-state index in [0.717, 1.165) is 12.8 Å². The molecule has 1 aromatic rings. The van der Waals surface area contributed by atoms with E-state index >= 15 is 0 Å². The summed E-state index contributed by atoms with van der Waals surface area (Å²) < 4.78 is 21.6. The molecule has 0 radical (unpaired) electrons. The second-order valence-electron chi connectivity index (χ2n) is 9.91. The molecule has 0 saturated heterocycles. The van der Waals surface area contributed by atoms with Crippen LogP contribution in [0.15, 0.2) is 30.0 Å². The maximum Gasteiger partial charge on any atom is 0.377 e. The van der Waals surface area contributed by atoms with Gasteiger partial charge in [-0.15, -0.1) is 0 Å². The molecule has 0 saturated carbocycles. The van der Waals surface area contributed by atoms with Crippen LogP contribution in [0.2, 0.25) is 0 Å². The van der Waals surface area contributed by atoms with Gasteiger partial charge in [-0.05, 0) is 18.6 Å². The Morgan fingerprint density at radius 2 is 1.08 bits per heavy atom. The van der Waals surface area contributed by atoms with E-state index in [0.29, 0.717) is 23.7 Å². The molecular weight excluding hydrogens is 464 g/mol. The average Bonchev–Trinajstić information content (AvgIpc) is 2.92. The van der Waals surface area contributed by atoms with Gasteiger partial charge >= 0.3 is 5.97 Å². The topological polar surface area (TPSA) is 54.0 Å². The summed E-state index contributed by atoms with van der Waals surface area (Å²) in [5, 5.41) is 0. The summed E-state index contributed by atoms with van der Waals surface area (Å²) >= 11 is 0. The van der Waals surface area contributed by atoms with Crippen LogP contribution in [0.1, 0.15) is 128 Å². The van der Waals surface area contributed by atoms with E-state index in [1.54, 1.807) is 7.11 Å². The first-order chi connectivity index (χ1) is 18.2. The molecule has 1 aromatic carbocycles. The van der Waals surface area contributed by atoms with Crippen molar-refractivity contribution >= 4 is 11.7 Å². The number of benzene rings is 1. The second-order valence-corrected chi connectivity index (χ2v) is 9.91. The predicted molar refractivity (Wildman–Crippen MR) is 154 cm³/mol. The number of carbonyl (C=O) groups is 1. The highest BCUT2D eigenvalue weighted by molar-refractivity contribution is 5.94. The third-order valence-corrected chi connectivity index (χ3v) is 6.88. The Hall–Kier alpha value is -2.17. The van der Waals surface area contributed by atoms with Gasteiger partial charge in [0.15, 0.2) is 5.76 Å². The van der Waals surface area contributed by atoms with Crippen molar-refractivity contribution in [2.45, 2.75) is 122 Å². The molecule has 5 nitrogen and oxygen atoms in total. The van der Waals surface area contributed by atoms with Crippen LogP contribution < -0.4 is 4.74 Å². The summed E-state index contributed by atoms with van der Waals surface area (Å²) in [5.74, 6) is 0.444. The lowest BCUT2D eigenvalue weighted by Crippen LogP contribution is -2.13. The van der Waals surface area contributed by atoms with E-state index in [1.165, 1.54) is 117 Å². The highest BCUT2D eigenvalue weighted by Gasteiger charge is 2.22. The molecule has 0 spiro atoms. The largest absolute Gasteiger partial charge is 0.496 e. The normalized spacial score (nSPS) is 11.7. The zero-order valence-electron chi connectivity index (χ0n) is 24.3. The van der Waals surface area contributed by atoms with Crippen molar-refractivity contribution < 1.29 is 23.7 Å². The summed E-state index contributed by atoms with van der Waals surface area (Å²) in [6.07, 6.45) is 23.9. The van der Waals surface area contributed by atoms with Gasteiger partial charge in [-0.1, -0.05) is 128 Å². The van der Waals surface area contributed by atoms with Gasteiger partial charge in [0.1, 0.15) is 5.75 Å². The lowest BCUT2D eigenvalue weighted by Gasteiger charge is -2.15. The van der Waals surface area contributed by atoms with E-state index in [4.69, 9.17) is 18.9 Å². The van der Waals surface area contributed by atoms with E-state index in [2.05, 4.69) is 6.92 Å². The smallest absolute Gasteiger partial charge is 0.377 e. The van der Waals surface area contributed by atoms with E-state index < -0.39 is 5.97 Å². The minimum absolute atomic E-state index is 0.0504. The summed E-state index contributed by atoms with van der Waals surface area (Å²) in [6, 6.07) is 7.35. The van der Waals surface area contributed by atoms with Gasteiger partial charge in [-0.2, -0.15) is 0 Å². The van der Waals surface area contributed by atoms with Crippen LogP contribution >= 0.6 is 0 Å². The van der Waals surface area contributed by atoms with Gasteiger partial charge in [-0.25, -0.2) is 4.79 Å². The van der Waals surface area contributed by atoms with Crippen molar-refractivity contribution in [2.24, 2.45) is 0 Å². The molecule has 0 N–H and O–H groups in total. The van der Waals surface area contributed by atoms with Crippen LogP contribution in [0.25, 0.3) is 5.76 Å². The molecule has 0 heterocycles. The number of ether oxygens (including phenoxy) is 4. The van der Waals surface area contributed by atoms with E-state index in [1.807, 2.05) is 24.3 Å². The first-order valence-electron chi connectivity index (χ1n) is 14.8. The van der Waals surface area contributed by atoms with Crippen LogP contribution in [-0.4, -0.2) is 33.9 Å². The number of methoxy groups -OCH3 is 3. The molecule has 0 aliphatic heterocycles. The van der Waals surface area contributed by atoms with Gasteiger partial charge in [0.05, 0.1) is 33.5 Å². The summed E-state index contributed by atoms with van der Waals surface area (Å²) in [4.78, 5) is 12.6. The first-order valence-corrected chi connectivity index (χ1v) is 14.8. The maximum absolute atomic E-state index is 12.6. The van der Waals surface area contributed by atoms with Crippen LogP contribution in [-0.2, 0) is 19.0 Å². The molecule has 0 bridgehead atoms. The SMILES string of the molecule is CCCCCCCCCCCCCCCCCCCCOC(=O)C(OC)=C(OC)c1ccccc1OC. The minimum atomic E-state index is -0.516. The Morgan fingerprint density at radius 1 is 0.622 bits per heavy atom. The zero-order valence-corrected chi connectivity index (χ0v) is 24.3. The fourth-order valence-electron chi connectivity index (χ4n) is 4.66. The number of esters is 1. The third-order valence-electron chi connectivity index (χ3n) is 6.88. The molecule has 0 aliphatic rings. The van der Waals surface area contributed by atoms with Crippen LogP contribution in [0.3, 0.4) is 0 Å². The van der Waals surface area contributed by atoms with E-state index in [-0.39, 0.29) is 5.76 Å². The Morgan fingerprint density at radius 3 is 1.51 bits per heavy atom. The Balaban J connectivity index is 2.07. The van der Waals surface area contributed by atoms with Gasteiger partial charge in [0.25, 0.3) is 0 Å². The monoisotopic (exact) mass is 518 g/mol. The van der Waals surface area contributed by atoms with E-state index in [9.17, 15) is 4.79 Å². The molecule has 0 aliphatic carbocycles. The quantitative estimate of drug-likeness (QED) is 0.0591. The molecule has 0 atom stereocenters. The van der Waals surface area contributed by atoms with Crippen molar-refractivity contribution in [3.8, 4) is 5.75 Å². The number of rotatable bonds is 24. The molecule has 212 valence electrons. The van der Waals surface area contributed by atoms with Crippen LogP contribution in [0.4, 0.5) is 0 Å². The molecule has 0 amide bonds. The Kier molecular flexibility index (Phi) is 20.4. The van der Waals surface area contributed by atoms with Crippen molar-refractivity contribution in [1.82, 2.24) is 0 Å². The number of hydrogen-bond donors (Lipinski definition) is 0. The average molecular weight is 519 g/mol. The predicted octanol–water partition coefficient (Wildman–Crippen LogP) is 9.24. The number of hydrogen-bond acceptors (Lipinski definition) is 5. The van der Waals surface area contributed by atoms with Crippen molar-refractivity contribution in [3.63, 3.8) is 0 Å². The van der Waals surface area contributed by atoms with Crippen LogP contribution in [0.5, 0.6) is 5.75 Å². The zero-order chi connectivity index (χ0) is 27.0. The molecule has 1 rings (SSSR count). The van der Waals surface area contributed by atoms with Gasteiger partial charge in [-0.3, -0.25) is 0 Å². The molecule has 0 aromatic heterocycles. The minimum Gasteiger partial charge on any atom is -0.496 e. The fraction of sp³-hybridized carbons (Fsp3) is 0.719. The van der Waals surface area contributed by atoms with Crippen molar-refractivity contribution in [1.29, 1.82) is 0 Å². The van der Waals surface area contributed by atoms with Gasteiger partial charge in [0.2, 0.25) is 5.76 Å². The molecule has 0 fully saturated rings. The summed E-state index contributed by atoms with van der Waals surface area (Å²) in [6.45, 7) is 2.66. The fourth-order valence-corrected chi connectivity index (χ4v) is 4.66. The van der Waals surface area contributed by atoms with Gasteiger partial charge < -0.3 is 18.9 Å². The molecule has 5 heteroatoms. The van der Waals surface area contributed by atoms with Crippen LogP contribution in [0, 0.1) is 0 Å². The Labute approximate surface area is 227 Å². The standard InChI is InChI=1S/C32H54O5/c1-5-6-7-8-9-10-11-12-13-14-15-16-17-18-19-20-21-24-27-37-32(33)31(36-4)30(35-3)28-25-22-23-26-29(28)34-2/h22-23,25-26H,5-21,24,27H2,1-4H3. The Bertz CT molecular complexity index is 728. The lowest BCUT2D eigenvalue weighted by molar-refractivity contribution is -0.142. The number of unbranched alkanes of at least 4 members (excludes halogenated alkanes) is 17. The molecular formula is C32H54O5. The highest BCUT2D eigenvalue weighted by atomic mass is 16.6. The van der Waals surface area contributed by atoms with Crippen molar-refractivity contribution in [2.75, 3.05) is 27.9 Å². The number of carbonyl (C=O) groups excluding carboxylic acids is 1. The molecule has 37 heavy (non-hydrogen) atoms. The molecule has 0 unspecified atom stereocenters. The highest BCUT2D eigenvalue weighted by Crippen LogP contribution is 2.29. The second kappa shape index (κ2) is 23.0. The number of para-hydroxylation sites is 1.